The molecule has 1 aromatic heterocycles. The predicted molar refractivity (Wildman–Crippen MR) is 97.3 cm³/mol. The lowest BCUT2D eigenvalue weighted by Crippen LogP contribution is -2.25. The van der Waals surface area contributed by atoms with Gasteiger partial charge in [-0.2, -0.15) is 0 Å². The largest absolute Gasteiger partial charge is 0.508 e. The van der Waals surface area contributed by atoms with Crippen LogP contribution in [-0.2, 0) is 6.42 Å². The molecule has 0 unspecified atom stereocenters. The molecule has 1 heterocycles. The highest BCUT2D eigenvalue weighted by molar-refractivity contribution is 5.93. The van der Waals surface area contributed by atoms with Gasteiger partial charge in [0, 0.05) is 18.2 Å². The number of carbonyl (C=O) groups excluding carboxylic acids is 1. The van der Waals surface area contributed by atoms with Crippen LogP contribution in [0.3, 0.4) is 0 Å². The minimum atomic E-state index is -0.270. The molecular formula is C20H20N2O4. The molecule has 0 aliphatic heterocycles. The van der Waals surface area contributed by atoms with Crippen LogP contribution in [0.25, 0.3) is 11.3 Å². The van der Waals surface area contributed by atoms with Crippen molar-refractivity contribution >= 4 is 5.91 Å². The van der Waals surface area contributed by atoms with E-state index in [1.54, 1.807) is 25.3 Å². The molecule has 0 atom stereocenters. The van der Waals surface area contributed by atoms with E-state index in [0.717, 1.165) is 24.0 Å². The summed E-state index contributed by atoms with van der Waals surface area (Å²) in [5.74, 6) is 1.20. The Morgan fingerprint density at radius 1 is 1.19 bits per heavy atom. The van der Waals surface area contributed by atoms with Gasteiger partial charge in [0.05, 0.1) is 7.11 Å². The predicted octanol–water partition coefficient (Wildman–Crippen LogP) is 3.42. The quantitative estimate of drug-likeness (QED) is 0.637. The molecule has 0 spiro atoms. The van der Waals surface area contributed by atoms with Crippen molar-refractivity contribution in [1.29, 1.82) is 0 Å². The second-order valence-corrected chi connectivity index (χ2v) is 5.83. The first-order valence-electron chi connectivity index (χ1n) is 8.33. The highest BCUT2D eigenvalue weighted by Gasteiger charge is 2.13. The highest BCUT2D eigenvalue weighted by atomic mass is 16.5. The lowest BCUT2D eigenvalue weighted by molar-refractivity contribution is 0.0944. The van der Waals surface area contributed by atoms with Gasteiger partial charge >= 0.3 is 0 Å². The van der Waals surface area contributed by atoms with E-state index in [-0.39, 0.29) is 17.4 Å². The summed E-state index contributed by atoms with van der Waals surface area (Å²) in [5, 5.41) is 15.9. The average Bonchev–Trinajstić information content (AvgIpc) is 3.17. The Bertz CT molecular complexity index is 872. The highest BCUT2D eigenvalue weighted by Crippen LogP contribution is 2.24. The van der Waals surface area contributed by atoms with Crippen LogP contribution >= 0.6 is 0 Å². The number of nitrogens with one attached hydrogen (secondary N) is 1. The molecule has 0 bridgehead atoms. The van der Waals surface area contributed by atoms with E-state index in [0.29, 0.717) is 18.1 Å². The normalized spacial score (nSPS) is 10.5. The number of aromatic nitrogens is 1. The number of phenolic OH excluding ortho intramolecular Hbond substituents is 1. The van der Waals surface area contributed by atoms with Gasteiger partial charge in [0.1, 0.15) is 11.5 Å². The monoisotopic (exact) mass is 352 g/mol. The first kappa shape index (κ1) is 17.5. The van der Waals surface area contributed by atoms with Crippen LogP contribution in [0.2, 0.25) is 0 Å². The summed E-state index contributed by atoms with van der Waals surface area (Å²) in [6.45, 7) is 0.529. The van der Waals surface area contributed by atoms with Crippen molar-refractivity contribution in [2.75, 3.05) is 13.7 Å². The summed E-state index contributed by atoms with van der Waals surface area (Å²) in [6.07, 6.45) is 1.60. The Balaban J connectivity index is 1.52. The van der Waals surface area contributed by atoms with Crippen LogP contribution in [0.1, 0.15) is 22.5 Å². The van der Waals surface area contributed by atoms with Crippen LogP contribution in [0, 0.1) is 0 Å². The SMILES string of the molecule is COc1cccc(-c2cc(C(=O)NCCCc3ccc(O)cc3)no2)c1. The molecule has 0 aliphatic carbocycles. The molecule has 26 heavy (non-hydrogen) atoms. The van der Waals surface area contributed by atoms with E-state index in [1.807, 2.05) is 36.4 Å². The van der Waals surface area contributed by atoms with Gasteiger partial charge in [-0.15, -0.1) is 0 Å². The number of benzene rings is 2. The topological polar surface area (TPSA) is 84.6 Å². The number of rotatable bonds is 7. The number of hydrogen-bond donors (Lipinski definition) is 2. The second kappa shape index (κ2) is 8.20. The summed E-state index contributed by atoms with van der Waals surface area (Å²) < 4.78 is 10.5. The summed E-state index contributed by atoms with van der Waals surface area (Å²) in [4.78, 5) is 12.2. The third-order valence-electron chi connectivity index (χ3n) is 3.96. The third kappa shape index (κ3) is 4.42. The number of ether oxygens (including phenoxy) is 1. The fraction of sp³-hybridized carbons (Fsp3) is 0.200. The molecule has 0 aliphatic rings. The third-order valence-corrected chi connectivity index (χ3v) is 3.96. The Labute approximate surface area is 151 Å². The minimum Gasteiger partial charge on any atom is -0.508 e. The Morgan fingerprint density at radius 2 is 2.00 bits per heavy atom. The summed E-state index contributed by atoms with van der Waals surface area (Å²) in [5.41, 5.74) is 2.15. The van der Waals surface area contributed by atoms with E-state index < -0.39 is 0 Å². The van der Waals surface area contributed by atoms with Crippen LogP contribution < -0.4 is 10.1 Å². The zero-order valence-electron chi connectivity index (χ0n) is 14.4. The zero-order chi connectivity index (χ0) is 18.4. The van der Waals surface area contributed by atoms with Crippen molar-refractivity contribution in [2.24, 2.45) is 0 Å². The summed E-state index contributed by atoms with van der Waals surface area (Å²) >= 11 is 0. The lowest BCUT2D eigenvalue weighted by atomic mass is 10.1. The second-order valence-electron chi connectivity index (χ2n) is 5.83. The van der Waals surface area contributed by atoms with Gasteiger partial charge in [0.15, 0.2) is 11.5 Å². The molecule has 0 fully saturated rings. The van der Waals surface area contributed by atoms with Crippen LogP contribution in [-0.4, -0.2) is 29.8 Å². The molecule has 1 amide bonds. The van der Waals surface area contributed by atoms with E-state index in [1.165, 1.54) is 0 Å². The number of hydrogen-bond acceptors (Lipinski definition) is 5. The fourth-order valence-electron chi connectivity index (χ4n) is 2.54. The smallest absolute Gasteiger partial charge is 0.273 e. The van der Waals surface area contributed by atoms with Gasteiger partial charge in [-0.1, -0.05) is 29.4 Å². The van der Waals surface area contributed by atoms with Crippen LogP contribution in [0.4, 0.5) is 0 Å². The number of nitrogens with zero attached hydrogens (tertiary/aromatic N) is 1. The Kier molecular flexibility index (Phi) is 5.53. The van der Waals surface area contributed by atoms with Gasteiger partial charge in [-0.05, 0) is 42.7 Å². The van der Waals surface area contributed by atoms with E-state index in [2.05, 4.69) is 10.5 Å². The maximum atomic E-state index is 12.2. The molecule has 3 aromatic rings. The Morgan fingerprint density at radius 3 is 2.77 bits per heavy atom. The number of methoxy groups -OCH3 is 1. The molecule has 134 valence electrons. The standard InChI is InChI=1S/C20H20N2O4/c1-25-17-6-2-5-15(12-17)19-13-18(22-26-19)20(24)21-11-3-4-14-7-9-16(23)10-8-14/h2,5-10,12-13,23H,3-4,11H2,1H3,(H,21,24). The number of aromatic hydroxyl groups is 1. The molecule has 0 saturated carbocycles. The fourth-order valence-corrected chi connectivity index (χ4v) is 2.54. The molecule has 0 radical (unpaired) electrons. The average molecular weight is 352 g/mol. The Hall–Kier alpha value is -3.28. The first-order valence-corrected chi connectivity index (χ1v) is 8.33. The van der Waals surface area contributed by atoms with Gasteiger partial charge in [0.25, 0.3) is 5.91 Å². The molecule has 6 nitrogen and oxygen atoms in total. The lowest BCUT2D eigenvalue weighted by Gasteiger charge is -2.03. The molecule has 0 saturated heterocycles. The van der Waals surface area contributed by atoms with Gasteiger partial charge in [-0.25, -0.2) is 0 Å². The maximum absolute atomic E-state index is 12.2. The van der Waals surface area contributed by atoms with Crippen molar-refractivity contribution in [2.45, 2.75) is 12.8 Å². The first-order chi connectivity index (χ1) is 12.7. The number of amides is 1. The maximum Gasteiger partial charge on any atom is 0.273 e. The number of carbonyl (C=O) groups is 1. The molecule has 2 aromatic carbocycles. The van der Waals surface area contributed by atoms with Gasteiger partial charge in [0.2, 0.25) is 0 Å². The number of aryl methyl sites for hydroxylation is 1. The van der Waals surface area contributed by atoms with Crippen molar-refractivity contribution in [3.63, 3.8) is 0 Å². The number of phenols is 1. The van der Waals surface area contributed by atoms with Gasteiger partial charge < -0.3 is 19.7 Å². The van der Waals surface area contributed by atoms with Crippen molar-refractivity contribution < 1.29 is 19.2 Å². The summed E-state index contributed by atoms with van der Waals surface area (Å²) in [6, 6.07) is 16.0. The van der Waals surface area contributed by atoms with Gasteiger partial charge in [-0.3, -0.25) is 4.79 Å². The van der Waals surface area contributed by atoms with E-state index in [4.69, 9.17) is 9.26 Å². The van der Waals surface area contributed by atoms with Crippen LogP contribution in [0.5, 0.6) is 11.5 Å². The molecule has 6 heteroatoms. The van der Waals surface area contributed by atoms with Crippen LogP contribution in [0.15, 0.2) is 59.1 Å². The van der Waals surface area contributed by atoms with Crippen molar-refractivity contribution in [1.82, 2.24) is 10.5 Å². The minimum absolute atomic E-state index is 0.243. The van der Waals surface area contributed by atoms with Crippen molar-refractivity contribution in [3.05, 3.63) is 65.9 Å². The van der Waals surface area contributed by atoms with E-state index in [9.17, 15) is 9.90 Å². The molecule has 3 rings (SSSR count). The summed E-state index contributed by atoms with van der Waals surface area (Å²) in [7, 11) is 1.59. The molecule has 2 N–H and O–H groups in total. The zero-order valence-corrected chi connectivity index (χ0v) is 14.4. The van der Waals surface area contributed by atoms with E-state index >= 15 is 0 Å². The van der Waals surface area contributed by atoms with Crippen molar-refractivity contribution in [3.8, 4) is 22.8 Å². The molecular weight excluding hydrogens is 332 g/mol.